The highest BCUT2D eigenvalue weighted by molar-refractivity contribution is 7.88. The van der Waals surface area contributed by atoms with E-state index in [0.717, 1.165) is 30.4 Å². The zero-order valence-corrected chi connectivity index (χ0v) is 12.8. The van der Waals surface area contributed by atoms with Crippen LogP contribution in [0.15, 0.2) is 24.3 Å². The Kier molecular flexibility index (Phi) is 5.18. The fraction of sp³-hybridized carbons (Fsp3) is 0.600. The van der Waals surface area contributed by atoms with E-state index >= 15 is 0 Å². The van der Waals surface area contributed by atoms with Crippen LogP contribution in [0.2, 0.25) is 0 Å². The van der Waals surface area contributed by atoms with Crippen LogP contribution >= 0.6 is 0 Å². The average Bonchev–Trinajstić information content (AvgIpc) is 2.38. The van der Waals surface area contributed by atoms with Gasteiger partial charge in [0.1, 0.15) is 0 Å². The Morgan fingerprint density at radius 3 is 2.60 bits per heavy atom. The first-order chi connectivity index (χ1) is 9.50. The van der Waals surface area contributed by atoms with Gasteiger partial charge in [0.15, 0.2) is 0 Å². The van der Waals surface area contributed by atoms with Gasteiger partial charge in [0.25, 0.3) is 0 Å². The monoisotopic (exact) mass is 296 g/mol. The van der Waals surface area contributed by atoms with Crippen molar-refractivity contribution in [3.8, 4) is 0 Å². The highest BCUT2D eigenvalue weighted by Gasteiger charge is 2.24. The van der Waals surface area contributed by atoms with Gasteiger partial charge >= 0.3 is 0 Å². The third kappa shape index (κ3) is 4.30. The van der Waals surface area contributed by atoms with Crippen LogP contribution in [0.1, 0.15) is 43.7 Å². The predicted octanol–water partition coefficient (Wildman–Crippen LogP) is 2.14. The fourth-order valence-corrected chi connectivity index (χ4v) is 4.44. The van der Waals surface area contributed by atoms with Crippen molar-refractivity contribution in [2.45, 2.75) is 50.9 Å². The Hall–Kier alpha value is -0.910. The highest BCUT2D eigenvalue weighted by Crippen LogP contribution is 2.24. The van der Waals surface area contributed by atoms with Gasteiger partial charge in [0.05, 0.1) is 5.75 Å². The van der Waals surface area contributed by atoms with E-state index in [9.17, 15) is 8.42 Å². The molecule has 1 saturated carbocycles. The molecule has 0 saturated heterocycles. The molecule has 0 heterocycles. The summed E-state index contributed by atoms with van der Waals surface area (Å²) in [6, 6.07) is 7.55. The quantitative estimate of drug-likeness (QED) is 0.874. The third-order valence-electron chi connectivity index (χ3n) is 3.97. The van der Waals surface area contributed by atoms with E-state index in [0.29, 0.717) is 12.5 Å². The lowest BCUT2D eigenvalue weighted by molar-refractivity contribution is 0.327. The van der Waals surface area contributed by atoms with Crippen LogP contribution in [0.4, 0.5) is 0 Å². The Labute approximate surface area is 121 Å². The standard InChI is InChI=1S/C15H24N2O2S/c1-12-5-4-8-15(9-12)17-20(18,19)11-14-7-3-2-6-13(14)10-16/h2-3,6-7,12,15,17H,4-5,8-11,16H2,1H3. The lowest BCUT2D eigenvalue weighted by Gasteiger charge is -2.27. The molecule has 1 aromatic rings. The summed E-state index contributed by atoms with van der Waals surface area (Å²) < 4.78 is 27.4. The largest absolute Gasteiger partial charge is 0.326 e. The first-order valence-electron chi connectivity index (χ1n) is 7.27. The molecule has 0 radical (unpaired) electrons. The maximum Gasteiger partial charge on any atom is 0.216 e. The van der Waals surface area contributed by atoms with Crippen molar-refractivity contribution < 1.29 is 8.42 Å². The molecule has 1 aliphatic rings. The Balaban J connectivity index is 2.03. The Morgan fingerprint density at radius 1 is 1.25 bits per heavy atom. The molecule has 3 N–H and O–H groups in total. The first-order valence-corrected chi connectivity index (χ1v) is 8.92. The molecule has 2 rings (SSSR count). The van der Waals surface area contributed by atoms with Gasteiger partial charge in [-0.25, -0.2) is 13.1 Å². The van der Waals surface area contributed by atoms with E-state index in [4.69, 9.17) is 5.73 Å². The molecule has 0 bridgehead atoms. The third-order valence-corrected chi connectivity index (χ3v) is 5.35. The van der Waals surface area contributed by atoms with E-state index in [1.807, 2.05) is 24.3 Å². The molecule has 0 spiro atoms. The predicted molar refractivity (Wildman–Crippen MR) is 81.5 cm³/mol. The van der Waals surface area contributed by atoms with Gasteiger partial charge in [-0.3, -0.25) is 0 Å². The number of hydrogen-bond donors (Lipinski definition) is 2. The van der Waals surface area contributed by atoms with Gasteiger partial charge in [-0.15, -0.1) is 0 Å². The lowest BCUT2D eigenvalue weighted by atomic mass is 9.88. The minimum absolute atomic E-state index is 0.0191. The summed E-state index contributed by atoms with van der Waals surface area (Å²) in [6.45, 7) is 2.55. The van der Waals surface area contributed by atoms with Gasteiger partial charge in [-0.2, -0.15) is 0 Å². The first kappa shape index (κ1) is 15.5. The van der Waals surface area contributed by atoms with E-state index in [-0.39, 0.29) is 11.8 Å². The van der Waals surface area contributed by atoms with Crippen molar-refractivity contribution in [2.75, 3.05) is 0 Å². The topological polar surface area (TPSA) is 72.2 Å². The summed E-state index contributed by atoms with van der Waals surface area (Å²) >= 11 is 0. The number of nitrogens with two attached hydrogens (primary N) is 1. The van der Waals surface area contributed by atoms with Crippen LogP contribution in [-0.2, 0) is 22.3 Å². The molecule has 4 nitrogen and oxygen atoms in total. The molecule has 1 aliphatic carbocycles. The molecule has 1 fully saturated rings. The van der Waals surface area contributed by atoms with Gasteiger partial charge in [-0.05, 0) is 29.9 Å². The van der Waals surface area contributed by atoms with E-state index < -0.39 is 10.0 Å². The second-order valence-electron chi connectivity index (χ2n) is 5.82. The maximum atomic E-state index is 12.3. The zero-order valence-electron chi connectivity index (χ0n) is 12.0. The molecule has 2 atom stereocenters. The van der Waals surface area contributed by atoms with Gasteiger partial charge in [0, 0.05) is 12.6 Å². The van der Waals surface area contributed by atoms with Crippen molar-refractivity contribution >= 4 is 10.0 Å². The van der Waals surface area contributed by atoms with E-state index in [1.165, 1.54) is 6.42 Å². The second-order valence-corrected chi connectivity index (χ2v) is 7.57. The molecular formula is C15H24N2O2S. The normalized spacial score (nSPS) is 23.7. The van der Waals surface area contributed by atoms with Crippen molar-refractivity contribution in [1.29, 1.82) is 0 Å². The van der Waals surface area contributed by atoms with Crippen LogP contribution in [-0.4, -0.2) is 14.5 Å². The highest BCUT2D eigenvalue weighted by atomic mass is 32.2. The van der Waals surface area contributed by atoms with Crippen LogP contribution in [0, 0.1) is 5.92 Å². The van der Waals surface area contributed by atoms with E-state index in [1.54, 1.807) is 0 Å². The van der Waals surface area contributed by atoms with Crippen LogP contribution in [0.25, 0.3) is 0 Å². The lowest BCUT2D eigenvalue weighted by Crippen LogP contribution is -2.38. The molecule has 20 heavy (non-hydrogen) atoms. The number of benzene rings is 1. The zero-order chi connectivity index (χ0) is 14.6. The number of rotatable bonds is 5. The molecule has 0 amide bonds. The van der Waals surface area contributed by atoms with Gasteiger partial charge in [0.2, 0.25) is 10.0 Å². The molecule has 0 aliphatic heterocycles. The maximum absolute atomic E-state index is 12.3. The minimum Gasteiger partial charge on any atom is -0.326 e. The molecule has 1 aromatic carbocycles. The van der Waals surface area contributed by atoms with Crippen LogP contribution in [0.5, 0.6) is 0 Å². The number of nitrogens with one attached hydrogen (secondary N) is 1. The van der Waals surface area contributed by atoms with Crippen molar-refractivity contribution in [3.63, 3.8) is 0 Å². The minimum atomic E-state index is -3.30. The van der Waals surface area contributed by atoms with Gasteiger partial charge < -0.3 is 5.73 Å². The number of sulfonamides is 1. The summed E-state index contributed by atoms with van der Waals surface area (Å²) in [5.74, 6) is 0.624. The summed E-state index contributed by atoms with van der Waals surface area (Å²) in [6.07, 6.45) is 4.20. The summed E-state index contributed by atoms with van der Waals surface area (Å²) in [4.78, 5) is 0. The van der Waals surface area contributed by atoms with E-state index in [2.05, 4.69) is 11.6 Å². The smallest absolute Gasteiger partial charge is 0.216 e. The summed E-state index contributed by atoms with van der Waals surface area (Å²) in [7, 11) is -3.30. The second kappa shape index (κ2) is 6.70. The molecule has 2 unspecified atom stereocenters. The molecule has 112 valence electrons. The summed E-state index contributed by atoms with van der Waals surface area (Å²) in [5, 5.41) is 0. The van der Waals surface area contributed by atoms with Crippen molar-refractivity contribution in [3.05, 3.63) is 35.4 Å². The Bertz CT molecular complexity index is 543. The molecule has 0 aromatic heterocycles. The van der Waals surface area contributed by atoms with Crippen LogP contribution in [0.3, 0.4) is 0 Å². The van der Waals surface area contributed by atoms with Crippen LogP contribution < -0.4 is 10.5 Å². The fourth-order valence-electron chi connectivity index (χ4n) is 2.94. The number of hydrogen-bond acceptors (Lipinski definition) is 3. The molecular weight excluding hydrogens is 272 g/mol. The average molecular weight is 296 g/mol. The van der Waals surface area contributed by atoms with Crippen molar-refractivity contribution in [2.24, 2.45) is 11.7 Å². The Morgan fingerprint density at radius 2 is 1.95 bits per heavy atom. The summed E-state index contributed by atoms with van der Waals surface area (Å²) in [5.41, 5.74) is 7.35. The van der Waals surface area contributed by atoms with Gasteiger partial charge in [-0.1, -0.05) is 44.0 Å². The SMILES string of the molecule is CC1CCCC(NS(=O)(=O)Cc2ccccc2CN)C1. The molecule has 5 heteroatoms. The van der Waals surface area contributed by atoms with Crippen molar-refractivity contribution in [1.82, 2.24) is 4.72 Å².